The van der Waals surface area contributed by atoms with Crippen LogP contribution in [0.3, 0.4) is 0 Å². The Bertz CT molecular complexity index is 349. The van der Waals surface area contributed by atoms with E-state index in [0.29, 0.717) is 29.7 Å². The van der Waals surface area contributed by atoms with Crippen LogP contribution in [0, 0.1) is 0 Å². The first-order valence-electron chi connectivity index (χ1n) is 4.04. The molecule has 1 rings (SSSR count). The van der Waals surface area contributed by atoms with Gasteiger partial charge in [-0.2, -0.15) is 0 Å². The summed E-state index contributed by atoms with van der Waals surface area (Å²) in [6, 6.07) is 4.95. The number of carbonyl (C=O) groups is 2. The lowest BCUT2D eigenvalue weighted by atomic mass is 10.2. The number of anilines is 1. The second-order valence-corrected chi connectivity index (χ2v) is 2.76. The third-order valence-corrected chi connectivity index (χ3v) is 1.90. The fraction of sp³-hybridized carbons (Fsp3) is 0.200. The molecule has 4 nitrogen and oxygen atoms in total. The Kier molecular flexibility index (Phi) is 3.23. The van der Waals surface area contributed by atoms with E-state index in [4.69, 9.17) is 4.74 Å². The predicted molar refractivity (Wildman–Crippen MR) is 52.8 cm³/mol. The summed E-state index contributed by atoms with van der Waals surface area (Å²) < 4.78 is 4.96. The first kappa shape index (κ1) is 10.2. The Morgan fingerprint density at radius 3 is 2.57 bits per heavy atom. The highest BCUT2D eigenvalue weighted by atomic mass is 16.5. The SMILES string of the molecule is COc1ccc(N(C)C=O)c(C=O)c1. The van der Waals surface area contributed by atoms with E-state index in [2.05, 4.69) is 0 Å². The molecule has 0 unspecified atom stereocenters. The van der Waals surface area contributed by atoms with E-state index in [-0.39, 0.29) is 0 Å². The topological polar surface area (TPSA) is 46.6 Å². The number of rotatable bonds is 4. The van der Waals surface area contributed by atoms with Crippen molar-refractivity contribution in [3.05, 3.63) is 23.8 Å². The molecule has 0 fully saturated rings. The Labute approximate surface area is 82.1 Å². The standard InChI is InChI=1S/C10H11NO3/c1-11(7-13)10-4-3-9(14-2)5-8(10)6-12/h3-7H,1-2H3. The van der Waals surface area contributed by atoms with Crippen LogP contribution in [0.15, 0.2) is 18.2 Å². The molecule has 0 saturated heterocycles. The smallest absolute Gasteiger partial charge is 0.213 e. The first-order chi connectivity index (χ1) is 6.72. The summed E-state index contributed by atoms with van der Waals surface area (Å²) in [5.74, 6) is 0.593. The van der Waals surface area contributed by atoms with Crippen molar-refractivity contribution in [1.29, 1.82) is 0 Å². The Morgan fingerprint density at radius 1 is 1.36 bits per heavy atom. The van der Waals surface area contributed by atoms with Gasteiger partial charge in [0.05, 0.1) is 12.8 Å². The van der Waals surface area contributed by atoms with Crippen molar-refractivity contribution in [2.45, 2.75) is 0 Å². The van der Waals surface area contributed by atoms with Gasteiger partial charge in [0, 0.05) is 12.6 Å². The zero-order valence-electron chi connectivity index (χ0n) is 8.06. The Hall–Kier alpha value is -1.84. The van der Waals surface area contributed by atoms with Gasteiger partial charge < -0.3 is 9.64 Å². The van der Waals surface area contributed by atoms with Crippen molar-refractivity contribution in [3.63, 3.8) is 0 Å². The monoisotopic (exact) mass is 193 g/mol. The minimum Gasteiger partial charge on any atom is -0.497 e. The van der Waals surface area contributed by atoms with Crippen LogP contribution in [0.4, 0.5) is 5.69 Å². The summed E-state index contributed by atoms with van der Waals surface area (Å²) in [7, 11) is 3.11. The fourth-order valence-corrected chi connectivity index (χ4v) is 1.13. The minimum atomic E-state index is 0.430. The second-order valence-electron chi connectivity index (χ2n) is 2.76. The Morgan fingerprint density at radius 2 is 2.07 bits per heavy atom. The van der Waals surface area contributed by atoms with Crippen molar-refractivity contribution < 1.29 is 14.3 Å². The quantitative estimate of drug-likeness (QED) is 0.673. The summed E-state index contributed by atoms with van der Waals surface area (Å²) in [5, 5.41) is 0. The lowest BCUT2D eigenvalue weighted by molar-refractivity contribution is -0.107. The highest BCUT2D eigenvalue weighted by Crippen LogP contribution is 2.22. The Balaban J connectivity index is 3.17. The van der Waals surface area contributed by atoms with E-state index in [0.717, 1.165) is 0 Å². The molecule has 0 aliphatic carbocycles. The van der Waals surface area contributed by atoms with Crippen molar-refractivity contribution in [2.75, 3.05) is 19.1 Å². The molecule has 1 aromatic carbocycles. The van der Waals surface area contributed by atoms with Crippen LogP contribution in [0.1, 0.15) is 10.4 Å². The molecule has 0 spiro atoms. The molecule has 14 heavy (non-hydrogen) atoms. The number of carbonyl (C=O) groups excluding carboxylic acids is 2. The molecule has 0 saturated carbocycles. The molecule has 4 heteroatoms. The average molecular weight is 193 g/mol. The molecule has 0 N–H and O–H groups in total. The molecular weight excluding hydrogens is 182 g/mol. The second kappa shape index (κ2) is 4.41. The van der Waals surface area contributed by atoms with Crippen LogP contribution < -0.4 is 9.64 Å². The molecule has 0 aromatic heterocycles. The minimum absolute atomic E-state index is 0.430. The number of methoxy groups -OCH3 is 1. The molecular formula is C10H11NO3. The maximum absolute atomic E-state index is 10.7. The molecule has 74 valence electrons. The van der Waals surface area contributed by atoms with Gasteiger partial charge in [-0.25, -0.2) is 0 Å². The van der Waals surface area contributed by atoms with Crippen molar-refractivity contribution in [1.82, 2.24) is 0 Å². The molecule has 0 radical (unpaired) electrons. The van der Waals surface area contributed by atoms with E-state index in [1.54, 1.807) is 25.2 Å². The molecule has 0 bridgehead atoms. The van der Waals surface area contributed by atoms with Crippen molar-refractivity contribution in [2.24, 2.45) is 0 Å². The number of hydrogen-bond acceptors (Lipinski definition) is 3. The van der Waals surface area contributed by atoms with Crippen LogP contribution in [0.2, 0.25) is 0 Å². The van der Waals surface area contributed by atoms with Crippen molar-refractivity contribution >= 4 is 18.4 Å². The number of nitrogens with zero attached hydrogens (tertiary/aromatic N) is 1. The largest absolute Gasteiger partial charge is 0.497 e. The maximum atomic E-state index is 10.7. The van der Waals surface area contributed by atoms with Gasteiger partial charge >= 0.3 is 0 Å². The number of benzene rings is 1. The molecule has 0 heterocycles. The summed E-state index contributed by atoms with van der Waals surface area (Å²) in [6.07, 6.45) is 1.34. The molecule has 1 aromatic rings. The first-order valence-corrected chi connectivity index (χ1v) is 4.04. The summed E-state index contributed by atoms with van der Waals surface area (Å²) >= 11 is 0. The van der Waals surface area contributed by atoms with Gasteiger partial charge in [0.25, 0.3) is 0 Å². The van der Waals surface area contributed by atoms with Gasteiger partial charge in [0.15, 0.2) is 6.29 Å². The van der Waals surface area contributed by atoms with Gasteiger partial charge in [-0.05, 0) is 18.2 Å². The van der Waals surface area contributed by atoms with E-state index in [1.807, 2.05) is 0 Å². The highest BCUT2D eigenvalue weighted by molar-refractivity contribution is 5.90. The molecule has 1 amide bonds. The van der Waals surface area contributed by atoms with Gasteiger partial charge in [-0.3, -0.25) is 9.59 Å². The van der Waals surface area contributed by atoms with E-state index in [1.165, 1.54) is 12.0 Å². The van der Waals surface area contributed by atoms with Gasteiger partial charge in [-0.15, -0.1) is 0 Å². The lowest BCUT2D eigenvalue weighted by Gasteiger charge is -2.13. The maximum Gasteiger partial charge on any atom is 0.213 e. The van der Waals surface area contributed by atoms with Gasteiger partial charge in [-0.1, -0.05) is 0 Å². The van der Waals surface area contributed by atoms with Crippen molar-refractivity contribution in [3.8, 4) is 5.75 Å². The number of amides is 1. The van der Waals surface area contributed by atoms with Gasteiger partial charge in [0.1, 0.15) is 5.75 Å². The van der Waals surface area contributed by atoms with Crippen LogP contribution in [-0.2, 0) is 4.79 Å². The highest BCUT2D eigenvalue weighted by Gasteiger charge is 2.06. The van der Waals surface area contributed by atoms with E-state index in [9.17, 15) is 9.59 Å². The van der Waals surface area contributed by atoms with Crippen LogP contribution >= 0.6 is 0 Å². The summed E-state index contributed by atoms with van der Waals surface area (Å²) in [6.45, 7) is 0. The zero-order valence-corrected chi connectivity index (χ0v) is 8.06. The molecule has 0 aliphatic heterocycles. The third kappa shape index (κ3) is 1.90. The normalized spacial score (nSPS) is 9.29. The van der Waals surface area contributed by atoms with Gasteiger partial charge in [0.2, 0.25) is 6.41 Å². The predicted octanol–water partition coefficient (Wildman–Crippen LogP) is 1.10. The number of hydrogen-bond donors (Lipinski definition) is 0. The number of aldehydes is 1. The molecule has 0 atom stereocenters. The fourth-order valence-electron chi connectivity index (χ4n) is 1.13. The third-order valence-electron chi connectivity index (χ3n) is 1.90. The van der Waals surface area contributed by atoms with E-state index < -0.39 is 0 Å². The van der Waals surface area contributed by atoms with Crippen LogP contribution in [0.5, 0.6) is 5.75 Å². The lowest BCUT2D eigenvalue weighted by Crippen LogP contribution is -2.15. The molecule has 0 aliphatic rings. The summed E-state index contributed by atoms with van der Waals surface area (Å²) in [4.78, 5) is 22.6. The zero-order chi connectivity index (χ0) is 10.6. The number of ether oxygens (including phenoxy) is 1. The summed E-state index contributed by atoms with van der Waals surface area (Å²) in [5.41, 5.74) is 0.995. The van der Waals surface area contributed by atoms with Crippen LogP contribution in [0.25, 0.3) is 0 Å². The average Bonchev–Trinajstić information content (AvgIpc) is 2.27. The van der Waals surface area contributed by atoms with E-state index >= 15 is 0 Å². The van der Waals surface area contributed by atoms with Crippen LogP contribution in [-0.4, -0.2) is 26.9 Å².